The van der Waals surface area contributed by atoms with Crippen molar-refractivity contribution in [2.24, 2.45) is 0 Å². The van der Waals surface area contributed by atoms with Crippen molar-refractivity contribution in [2.45, 2.75) is 69.5 Å². The Morgan fingerprint density at radius 1 is 1.05 bits per heavy atom. The number of anilines is 1. The lowest BCUT2D eigenvalue weighted by Gasteiger charge is -2.34. The molecule has 8 rings (SSSR count). The molecule has 4 saturated heterocycles. The predicted octanol–water partition coefficient (Wildman–Crippen LogP) is 4.46. The van der Waals surface area contributed by atoms with Crippen molar-refractivity contribution in [3.8, 4) is 23.1 Å². The first-order chi connectivity index (χ1) is 20.1. The lowest BCUT2D eigenvalue weighted by molar-refractivity contribution is 0.108. The Morgan fingerprint density at radius 2 is 1.85 bits per heavy atom. The molecule has 2 atom stereocenters. The predicted molar refractivity (Wildman–Crippen MR) is 160 cm³/mol. The van der Waals surface area contributed by atoms with Gasteiger partial charge in [0.1, 0.15) is 18.2 Å². The van der Waals surface area contributed by atoms with Gasteiger partial charge in [0.25, 0.3) is 0 Å². The molecule has 9 nitrogen and oxygen atoms in total. The number of phenols is 1. The van der Waals surface area contributed by atoms with Crippen LogP contribution in [0.25, 0.3) is 33.2 Å². The first kappa shape index (κ1) is 25.2. The number of aromatic hydroxyl groups is 1. The summed E-state index contributed by atoms with van der Waals surface area (Å²) in [6.45, 7) is 6.87. The molecule has 2 N–H and O–H groups in total. The summed E-state index contributed by atoms with van der Waals surface area (Å²) in [5.41, 5.74) is 2.70. The van der Waals surface area contributed by atoms with Crippen LogP contribution in [0.1, 0.15) is 51.0 Å². The number of nitrogens with zero attached hydrogens (tertiary/aromatic N) is 6. The van der Waals surface area contributed by atoms with E-state index in [9.17, 15) is 5.11 Å². The quantitative estimate of drug-likeness (QED) is 0.360. The topological polar surface area (TPSA) is 99.5 Å². The molecular formula is C32H37N7O2. The second-order valence-electron chi connectivity index (χ2n) is 12.4. The van der Waals surface area contributed by atoms with Crippen LogP contribution in [0.15, 0.2) is 36.5 Å². The van der Waals surface area contributed by atoms with Crippen molar-refractivity contribution in [2.75, 3.05) is 37.7 Å². The fourth-order valence-corrected chi connectivity index (χ4v) is 7.91. The SMILES string of the molecule is CCc1cccc2cc(O)cc(-c3ncc4c(N5CC6CCC(C5)N6)nc(OCC56CCCN5CCC6)nc4n3)c12. The largest absolute Gasteiger partial charge is 0.508 e. The highest BCUT2D eigenvalue weighted by Crippen LogP contribution is 2.40. The minimum Gasteiger partial charge on any atom is -0.508 e. The van der Waals surface area contributed by atoms with Gasteiger partial charge in [0.2, 0.25) is 0 Å². The molecule has 0 amide bonds. The maximum atomic E-state index is 10.6. The fraction of sp³-hybridized carbons (Fsp3) is 0.500. The first-order valence-corrected chi connectivity index (χ1v) is 15.3. The monoisotopic (exact) mass is 551 g/mol. The number of hydrogen-bond acceptors (Lipinski definition) is 9. The van der Waals surface area contributed by atoms with Gasteiger partial charge < -0.3 is 20.1 Å². The number of piperazine rings is 1. The summed E-state index contributed by atoms with van der Waals surface area (Å²) in [6, 6.07) is 11.1. The Bertz CT molecular complexity index is 1620. The first-order valence-electron chi connectivity index (χ1n) is 15.3. The number of rotatable bonds is 6. The van der Waals surface area contributed by atoms with Gasteiger partial charge in [-0.1, -0.05) is 25.1 Å². The Morgan fingerprint density at radius 3 is 2.63 bits per heavy atom. The average molecular weight is 552 g/mol. The molecule has 4 aliphatic rings. The van der Waals surface area contributed by atoms with Crippen LogP contribution in [0.4, 0.5) is 5.82 Å². The molecule has 0 radical (unpaired) electrons. The van der Waals surface area contributed by atoms with E-state index < -0.39 is 0 Å². The third-order valence-electron chi connectivity index (χ3n) is 9.88. The molecule has 4 fully saturated rings. The third-order valence-corrected chi connectivity index (χ3v) is 9.88. The van der Waals surface area contributed by atoms with Gasteiger partial charge in [0.15, 0.2) is 11.5 Å². The number of ether oxygens (including phenoxy) is 1. The third kappa shape index (κ3) is 4.28. The van der Waals surface area contributed by atoms with E-state index in [2.05, 4.69) is 28.1 Å². The smallest absolute Gasteiger partial charge is 0.320 e. The van der Waals surface area contributed by atoms with Crippen molar-refractivity contribution >= 4 is 27.6 Å². The summed E-state index contributed by atoms with van der Waals surface area (Å²) in [7, 11) is 0. The number of phenolic OH excluding ortho intramolecular Hbond substituents is 1. The van der Waals surface area contributed by atoms with Gasteiger partial charge in [-0.25, -0.2) is 9.97 Å². The highest BCUT2D eigenvalue weighted by atomic mass is 16.5. The molecule has 2 bridgehead atoms. The normalized spacial score (nSPS) is 23.5. The van der Waals surface area contributed by atoms with E-state index in [1.54, 1.807) is 12.1 Å². The Balaban J connectivity index is 1.24. The Labute approximate surface area is 240 Å². The molecule has 0 aliphatic carbocycles. The molecule has 2 aromatic heterocycles. The van der Waals surface area contributed by atoms with Gasteiger partial charge >= 0.3 is 6.01 Å². The van der Waals surface area contributed by atoms with Crippen LogP contribution in [0, 0.1) is 0 Å². The summed E-state index contributed by atoms with van der Waals surface area (Å²) in [6.07, 6.45) is 9.91. The summed E-state index contributed by atoms with van der Waals surface area (Å²) in [5, 5.41) is 17.2. The van der Waals surface area contributed by atoms with Crippen molar-refractivity contribution < 1.29 is 9.84 Å². The van der Waals surface area contributed by atoms with Crippen molar-refractivity contribution in [1.82, 2.24) is 30.2 Å². The number of aryl methyl sites for hydroxylation is 1. The summed E-state index contributed by atoms with van der Waals surface area (Å²) in [4.78, 5) is 24.7. The van der Waals surface area contributed by atoms with Gasteiger partial charge in [-0.2, -0.15) is 9.97 Å². The van der Waals surface area contributed by atoms with Crippen LogP contribution in [-0.2, 0) is 6.42 Å². The molecule has 6 heterocycles. The molecule has 0 spiro atoms. The molecule has 2 aromatic carbocycles. The van der Waals surface area contributed by atoms with Gasteiger partial charge in [-0.3, -0.25) is 4.90 Å². The maximum absolute atomic E-state index is 10.6. The zero-order valence-corrected chi connectivity index (χ0v) is 23.6. The standard InChI is InChI=1S/C32H37N7O2/c1-2-20-6-3-7-21-14-24(40)15-25(27(20)21)28-33-16-26-29(35-28)36-31(41-19-32-10-4-12-39(32)13-5-11-32)37-30(26)38-17-22-8-9-23(18-38)34-22/h3,6-7,14-16,22-23,34,40H,2,4-5,8-13,17-19H2,1H3. The van der Waals surface area contributed by atoms with E-state index in [0.29, 0.717) is 36.2 Å². The van der Waals surface area contributed by atoms with Crippen LogP contribution in [0.2, 0.25) is 0 Å². The van der Waals surface area contributed by atoms with Crippen LogP contribution in [-0.4, -0.2) is 80.4 Å². The zero-order valence-electron chi connectivity index (χ0n) is 23.6. The van der Waals surface area contributed by atoms with Crippen molar-refractivity contribution in [3.63, 3.8) is 0 Å². The number of aromatic nitrogens is 4. The van der Waals surface area contributed by atoms with E-state index in [1.807, 2.05) is 18.3 Å². The van der Waals surface area contributed by atoms with Crippen molar-refractivity contribution in [1.29, 1.82) is 0 Å². The second kappa shape index (κ2) is 9.77. The summed E-state index contributed by atoms with van der Waals surface area (Å²) >= 11 is 0. The van der Waals surface area contributed by atoms with Crippen molar-refractivity contribution in [3.05, 3.63) is 42.1 Å². The molecule has 212 valence electrons. The summed E-state index contributed by atoms with van der Waals surface area (Å²) in [5.74, 6) is 1.61. The minimum atomic E-state index is 0.112. The highest BCUT2D eigenvalue weighted by Gasteiger charge is 2.45. The number of hydrogen-bond donors (Lipinski definition) is 2. The van der Waals surface area contributed by atoms with Gasteiger partial charge in [-0.05, 0) is 86.5 Å². The van der Waals surface area contributed by atoms with E-state index in [0.717, 1.165) is 60.1 Å². The lowest BCUT2D eigenvalue weighted by Crippen LogP contribution is -2.51. The van der Waals surface area contributed by atoms with Gasteiger partial charge in [-0.15, -0.1) is 0 Å². The highest BCUT2D eigenvalue weighted by molar-refractivity contribution is 5.99. The van der Waals surface area contributed by atoms with Gasteiger partial charge in [0.05, 0.1) is 10.9 Å². The molecule has 2 unspecified atom stereocenters. The molecule has 9 heteroatoms. The molecular weight excluding hydrogens is 514 g/mol. The number of nitrogens with one attached hydrogen (secondary N) is 1. The molecule has 41 heavy (non-hydrogen) atoms. The minimum absolute atomic E-state index is 0.112. The second-order valence-corrected chi connectivity index (χ2v) is 12.4. The maximum Gasteiger partial charge on any atom is 0.320 e. The van der Waals surface area contributed by atoms with Crippen LogP contribution >= 0.6 is 0 Å². The van der Waals surface area contributed by atoms with E-state index >= 15 is 0 Å². The average Bonchev–Trinajstić information content (AvgIpc) is 3.68. The number of benzene rings is 2. The lowest BCUT2D eigenvalue weighted by atomic mass is 9.95. The summed E-state index contributed by atoms with van der Waals surface area (Å²) < 4.78 is 6.47. The van der Waals surface area contributed by atoms with E-state index in [1.165, 1.54) is 44.1 Å². The van der Waals surface area contributed by atoms with E-state index in [4.69, 9.17) is 24.7 Å². The van der Waals surface area contributed by atoms with E-state index in [-0.39, 0.29) is 11.3 Å². The van der Waals surface area contributed by atoms with Crippen LogP contribution in [0.5, 0.6) is 11.8 Å². The fourth-order valence-electron chi connectivity index (χ4n) is 7.91. The van der Waals surface area contributed by atoms with Gasteiger partial charge in [0, 0.05) is 36.9 Å². The Hall–Kier alpha value is -3.56. The number of fused-ring (bicyclic) bond motifs is 5. The van der Waals surface area contributed by atoms with Crippen LogP contribution < -0.4 is 15.0 Å². The molecule has 4 aromatic rings. The zero-order chi connectivity index (χ0) is 27.6. The Kier molecular flexibility index (Phi) is 6.00. The van der Waals surface area contributed by atoms with Crippen LogP contribution in [0.3, 0.4) is 0 Å². The molecule has 0 saturated carbocycles. The molecule has 4 aliphatic heterocycles.